The predicted molar refractivity (Wildman–Crippen MR) is 95.1 cm³/mol. The molecule has 2 aromatic rings. The Morgan fingerprint density at radius 3 is 2.54 bits per heavy atom. The van der Waals surface area contributed by atoms with Gasteiger partial charge in [-0.15, -0.1) is 0 Å². The van der Waals surface area contributed by atoms with Gasteiger partial charge >= 0.3 is 0 Å². The summed E-state index contributed by atoms with van der Waals surface area (Å²) in [4.78, 5) is 16.4. The number of hydrogen-bond acceptors (Lipinski definition) is 3. The van der Waals surface area contributed by atoms with Crippen LogP contribution in [-0.2, 0) is 4.79 Å². The molecule has 1 aliphatic rings. The van der Waals surface area contributed by atoms with Gasteiger partial charge in [-0.05, 0) is 30.3 Å². The van der Waals surface area contributed by atoms with E-state index >= 15 is 0 Å². The standard InChI is InChI=1S/C18H19ClFN3O/c19-16-6-1-2-7-17(16)23-10-8-22(9-11-23)13-18(24)21-15-5-3-4-14(20)12-15/h1-7,12H,8-11,13H2,(H,21,24). The Hall–Kier alpha value is -2.11. The predicted octanol–water partition coefficient (Wildman–Crippen LogP) is 3.24. The Kier molecular flexibility index (Phi) is 5.33. The number of carbonyl (C=O) groups excluding carboxylic acids is 1. The minimum atomic E-state index is -0.360. The number of piperazine rings is 1. The first-order valence-electron chi connectivity index (χ1n) is 7.89. The molecule has 1 saturated heterocycles. The first-order valence-corrected chi connectivity index (χ1v) is 8.27. The molecule has 1 N–H and O–H groups in total. The van der Waals surface area contributed by atoms with Crippen molar-refractivity contribution < 1.29 is 9.18 Å². The molecule has 0 bridgehead atoms. The highest BCUT2D eigenvalue weighted by Gasteiger charge is 2.20. The molecule has 126 valence electrons. The lowest BCUT2D eigenvalue weighted by molar-refractivity contribution is -0.117. The lowest BCUT2D eigenvalue weighted by Gasteiger charge is -2.36. The third kappa shape index (κ3) is 4.24. The van der Waals surface area contributed by atoms with Crippen LogP contribution in [0.25, 0.3) is 0 Å². The monoisotopic (exact) mass is 347 g/mol. The Balaban J connectivity index is 1.50. The van der Waals surface area contributed by atoms with Gasteiger partial charge in [0, 0.05) is 31.9 Å². The highest BCUT2D eigenvalue weighted by atomic mass is 35.5. The van der Waals surface area contributed by atoms with Crippen molar-refractivity contribution in [1.29, 1.82) is 0 Å². The van der Waals surface area contributed by atoms with Crippen LogP contribution in [0.1, 0.15) is 0 Å². The Morgan fingerprint density at radius 1 is 1.08 bits per heavy atom. The molecule has 0 aliphatic carbocycles. The van der Waals surface area contributed by atoms with Crippen molar-refractivity contribution in [3.05, 3.63) is 59.4 Å². The number of nitrogens with zero attached hydrogens (tertiary/aromatic N) is 2. The summed E-state index contributed by atoms with van der Waals surface area (Å²) in [5, 5.41) is 3.47. The van der Waals surface area contributed by atoms with Crippen LogP contribution in [0.5, 0.6) is 0 Å². The van der Waals surface area contributed by atoms with Crippen molar-refractivity contribution in [3.8, 4) is 0 Å². The van der Waals surface area contributed by atoms with E-state index in [1.165, 1.54) is 12.1 Å². The van der Waals surface area contributed by atoms with E-state index in [-0.39, 0.29) is 11.7 Å². The van der Waals surface area contributed by atoms with Crippen molar-refractivity contribution in [2.45, 2.75) is 0 Å². The molecule has 24 heavy (non-hydrogen) atoms. The van der Waals surface area contributed by atoms with Gasteiger partial charge in [-0.1, -0.05) is 29.8 Å². The SMILES string of the molecule is O=C(CN1CCN(c2ccccc2Cl)CC1)Nc1cccc(F)c1. The number of amides is 1. The fourth-order valence-electron chi connectivity index (χ4n) is 2.82. The number of anilines is 2. The average Bonchev–Trinajstić information content (AvgIpc) is 2.56. The summed E-state index contributed by atoms with van der Waals surface area (Å²) in [6.07, 6.45) is 0. The summed E-state index contributed by atoms with van der Waals surface area (Å²) in [6.45, 7) is 3.49. The molecule has 0 unspecified atom stereocenters. The van der Waals surface area contributed by atoms with Crippen LogP contribution in [-0.4, -0.2) is 43.5 Å². The summed E-state index contributed by atoms with van der Waals surface area (Å²) in [5.74, 6) is -0.493. The maximum atomic E-state index is 13.1. The maximum absolute atomic E-state index is 13.1. The lowest BCUT2D eigenvalue weighted by Crippen LogP contribution is -2.48. The number of halogens is 2. The fraction of sp³-hybridized carbons (Fsp3) is 0.278. The number of nitrogens with one attached hydrogen (secondary N) is 1. The summed E-state index contributed by atoms with van der Waals surface area (Å²) in [5.41, 5.74) is 1.51. The van der Waals surface area contributed by atoms with Crippen LogP contribution < -0.4 is 10.2 Å². The van der Waals surface area contributed by atoms with Gasteiger partial charge < -0.3 is 10.2 Å². The second kappa shape index (κ2) is 7.64. The summed E-state index contributed by atoms with van der Waals surface area (Å²) in [6, 6.07) is 13.7. The van der Waals surface area contributed by atoms with Gasteiger partial charge in [0.25, 0.3) is 0 Å². The Morgan fingerprint density at radius 2 is 1.83 bits per heavy atom. The molecule has 6 heteroatoms. The minimum Gasteiger partial charge on any atom is -0.368 e. The normalized spacial score (nSPS) is 15.3. The molecule has 4 nitrogen and oxygen atoms in total. The third-order valence-corrected chi connectivity index (χ3v) is 4.36. The van der Waals surface area contributed by atoms with Crippen molar-refractivity contribution in [2.75, 3.05) is 42.9 Å². The smallest absolute Gasteiger partial charge is 0.238 e. The third-order valence-electron chi connectivity index (χ3n) is 4.04. The minimum absolute atomic E-state index is 0.133. The van der Waals surface area contributed by atoms with E-state index in [0.29, 0.717) is 12.2 Å². The number of para-hydroxylation sites is 1. The van der Waals surface area contributed by atoms with Gasteiger partial charge in [0.05, 0.1) is 17.3 Å². The van der Waals surface area contributed by atoms with Crippen LogP contribution in [0.3, 0.4) is 0 Å². The lowest BCUT2D eigenvalue weighted by atomic mass is 10.2. The maximum Gasteiger partial charge on any atom is 0.238 e. The molecular formula is C18H19ClFN3O. The van der Waals surface area contributed by atoms with Crippen molar-refractivity contribution >= 4 is 28.9 Å². The first kappa shape index (κ1) is 16.7. The number of benzene rings is 2. The van der Waals surface area contributed by atoms with E-state index in [1.54, 1.807) is 12.1 Å². The Labute approximate surface area is 145 Å². The molecule has 0 radical (unpaired) electrons. The van der Waals surface area contributed by atoms with Crippen LogP contribution in [0.2, 0.25) is 5.02 Å². The van der Waals surface area contributed by atoms with Crippen molar-refractivity contribution in [2.24, 2.45) is 0 Å². The van der Waals surface area contributed by atoms with Gasteiger partial charge in [-0.25, -0.2) is 4.39 Å². The fourth-order valence-corrected chi connectivity index (χ4v) is 3.08. The van der Waals surface area contributed by atoms with Gasteiger partial charge in [0.2, 0.25) is 5.91 Å². The zero-order valence-corrected chi connectivity index (χ0v) is 14.0. The van der Waals surface area contributed by atoms with Crippen molar-refractivity contribution in [1.82, 2.24) is 4.90 Å². The molecule has 1 heterocycles. The summed E-state index contributed by atoms with van der Waals surface area (Å²) in [7, 11) is 0. The van der Waals surface area contributed by atoms with Gasteiger partial charge in [0.15, 0.2) is 0 Å². The van der Waals surface area contributed by atoms with Crippen molar-refractivity contribution in [3.63, 3.8) is 0 Å². The second-order valence-electron chi connectivity index (χ2n) is 5.77. The van der Waals surface area contributed by atoms with Gasteiger partial charge in [-0.3, -0.25) is 9.69 Å². The molecule has 0 saturated carbocycles. The molecule has 1 amide bonds. The first-order chi connectivity index (χ1) is 11.6. The quantitative estimate of drug-likeness (QED) is 0.922. The van der Waals surface area contributed by atoms with E-state index in [1.807, 2.05) is 24.3 Å². The van der Waals surface area contributed by atoms with E-state index < -0.39 is 0 Å². The van der Waals surface area contributed by atoms with E-state index in [2.05, 4.69) is 15.1 Å². The van der Waals surface area contributed by atoms with Gasteiger partial charge in [-0.2, -0.15) is 0 Å². The van der Waals surface area contributed by atoms with Crippen LogP contribution >= 0.6 is 11.6 Å². The molecule has 1 aliphatic heterocycles. The van der Waals surface area contributed by atoms with Crippen LogP contribution in [0, 0.1) is 5.82 Å². The highest BCUT2D eigenvalue weighted by Crippen LogP contribution is 2.25. The van der Waals surface area contributed by atoms with Crippen LogP contribution in [0.4, 0.5) is 15.8 Å². The molecule has 0 spiro atoms. The Bertz CT molecular complexity index is 717. The average molecular weight is 348 g/mol. The van der Waals surface area contributed by atoms with E-state index in [9.17, 15) is 9.18 Å². The molecule has 0 atom stereocenters. The number of hydrogen-bond donors (Lipinski definition) is 1. The summed E-state index contributed by atoms with van der Waals surface area (Å²) < 4.78 is 13.1. The molecule has 1 fully saturated rings. The van der Waals surface area contributed by atoms with E-state index in [4.69, 9.17) is 11.6 Å². The molecule has 0 aromatic heterocycles. The molecule has 3 rings (SSSR count). The zero-order valence-electron chi connectivity index (χ0n) is 13.2. The van der Waals surface area contributed by atoms with Gasteiger partial charge in [0.1, 0.15) is 5.82 Å². The number of carbonyl (C=O) groups is 1. The summed E-state index contributed by atoms with van der Waals surface area (Å²) >= 11 is 6.23. The largest absolute Gasteiger partial charge is 0.368 e. The highest BCUT2D eigenvalue weighted by molar-refractivity contribution is 6.33. The topological polar surface area (TPSA) is 35.6 Å². The molecular weight excluding hydrogens is 329 g/mol. The molecule has 2 aromatic carbocycles. The number of rotatable bonds is 4. The van der Waals surface area contributed by atoms with Crippen LogP contribution in [0.15, 0.2) is 48.5 Å². The second-order valence-corrected chi connectivity index (χ2v) is 6.18. The van der Waals surface area contributed by atoms with E-state index in [0.717, 1.165) is 36.9 Å². The zero-order chi connectivity index (χ0) is 16.9.